The van der Waals surface area contributed by atoms with E-state index < -0.39 is 11.4 Å². The first kappa shape index (κ1) is 15.8. The average Bonchev–Trinajstić information content (AvgIpc) is 2.97. The van der Waals surface area contributed by atoms with Gasteiger partial charge in [-0.1, -0.05) is 24.4 Å². The fourth-order valence-corrected chi connectivity index (χ4v) is 2.91. The summed E-state index contributed by atoms with van der Waals surface area (Å²) in [7, 11) is 1.29. The van der Waals surface area contributed by atoms with E-state index in [1.807, 2.05) is 0 Å². The maximum atomic E-state index is 12.6. The molecule has 0 spiro atoms. The van der Waals surface area contributed by atoms with Crippen LogP contribution in [0.2, 0.25) is 5.02 Å². The summed E-state index contributed by atoms with van der Waals surface area (Å²) in [6.45, 7) is 0.299. The summed E-state index contributed by atoms with van der Waals surface area (Å²) in [5, 5.41) is 3.23. The molecule has 0 aromatic heterocycles. The van der Waals surface area contributed by atoms with Gasteiger partial charge >= 0.3 is 5.97 Å². The second kappa shape index (κ2) is 6.45. The molecule has 3 N–H and O–H groups in total. The van der Waals surface area contributed by atoms with Gasteiger partial charge in [0.1, 0.15) is 0 Å². The molecular weight excluding hydrogens is 292 g/mol. The predicted octanol–water partition coefficient (Wildman–Crippen LogP) is 2.58. The number of nitrogens with one attached hydrogen (secondary N) is 1. The minimum atomic E-state index is -0.546. The number of carbonyl (C=O) groups excluding carboxylic acids is 2. The van der Waals surface area contributed by atoms with E-state index in [0.717, 1.165) is 25.7 Å². The van der Waals surface area contributed by atoms with Gasteiger partial charge in [0.05, 0.1) is 23.8 Å². The molecule has 1 aromatic carbocycles. The first-order valence-electron chi connectivity index (χ1n) is 6.92. The lowest BCUT2D eigenvalue weighted by Gasteiger charge is -2.26. The highest BCUT2D eigenvalue weighted by Gasteiger charge is 2.40. The topological polar surface area (TPSA) is 81.4 Å². The molecule has 0 atom stereocenters. The number of esters is 1. The van der Waals surface area contributed by atoms with Crippen molar-refractivity contribution < 1.29 is 14.3 Å². The molecule has 0 saturated heterocycles. The van der Waals surface area contributed by atoms with Crippen molar-refractivity contribution in [2.45, 2.75) is 25.7 Å². The summed E-state index contributed by atoms with van der Waals surface area (Å²) in [4.78, 5) is 24.3. The molecule has 2 rings (SSSR count). The van der Waals surface area contributed by atoms with Crippen LogP contribution in [-0.2, 0) is 9.53 Å². The van der Waals surface area contributed by atoms with E-state index in [-0.39, 0.29) is 11.5 Å². The first-order valence-corrected chi connectivity index (χ1v) is 7.29. The Hall–Kier alpha value is -1.59. The largest absolute Gasteiger partial charge is 0.465 e. The van der Waals surface area contributed by atoms with Crippen molar-refractivity contribution in [3.8, 4) is 0 Å². The Labute approximate surface area is 128 Å². The Morgan fingerprint density at radius 2 is 2.05 bits per heavy atom. The van der Waals surface area contributed by atoms with Gasteiger partial charge in [0.25, 0.3) is 0 Å². The van der Waals surface area contributed by atoms with Crippen molar-refractivity contribution in [2.24, 2.45) is 11.1 Å². The molecule has 6 heteroatoms. The van der Waals surface area contributed by atoms with Gasteiger partial charge < -0.3 is 15.8 Å². The third kappa shape index (κ3) is 3.19. The van der Waals surface area contributed by atoms with Gasteiger partial charge in [0.2, 0.25) is 5.91 Å². The summed E-state index contributed by atoms with van der Waals surface area (Å²) in [6.07, 6.45) is 3.51. The van der Waals surface area contributed by atoms with Gasteiger partial charge in [-0.3, -0.25) is 4.79 Å². The van der Waals surface area contributed by atoms with Crippen molar-refractivity contribution in [2.75, 3.05) is 19.0 Å². The minimum Gasteiger partial charge on any atom is -0.465 e. The zero-order valence-corrected chi connectivity index (χ0v) is 12.7. The van der Waals surface area contributed by atoms with Crippen LogP contribution in [-0.4, -0.2) is 25.5 Å². The van der Waals surface area contributed by atoms with E-state index in [2.05, 4.69) is 5.32 Å². The molecule has 1 aromatic rings. The average molecular weight is 311 g/mol. The molecule has 0 unspecified atom stereocenters. The van der Waals surface area contributed by atoms with Crippen LogP contribution in [0, 0.1) is 5.41 Å². The fourth-order valence-electron chi connectivity index (χ4n) is 2.74. The number of anilines is 1. The van der Waals surface area contributed by atoms with Gasteiger partial charge in [-0.05, 0) is 31.0 Å². The molecule has 1 aliphatic rings. The number of rotatable bonds is 4. The summed E-state index contributed by atoms with van der Waals surface area (Å²) in [5.74, 6) is -0.676. The zero-order valence-electron chi connectivity index (χ0n) is 11.9. The number of halogens is 1. The molecule has 114 valence electrons. The Balaban J connectivity index is 2.28. The smallest absolute Gasteiger partial charge is 0.339 e. The second-order valence-corrected chi connectivity index (χ2v) is 5.76. The number of benzene rings is 1. The molecule has 1 fully saturated rings. The highest BCUT2D eigenvalue weighted by atomic mass is 35.5. The van der Waals surface area contributed by atoms with Gasteiger partial charge in [0, 0.05) is 11.6 Å². The molecule has 1 aliphatic carbocycles. The van der Waals surface area contributed by atoms with Crippen LogP contribution in [0.1, 0.15) is 36.0 Å². The highest BCUT2D eigenvalue weighted by Crippen LogP contribution is 2.38. The molecule has 0 bridgehead atoms. The van der Waals surface area contributed by atoms with Gasteiger partial charge in [-0.2, -0.15) is 0 Å². The molecular formula is C15H19ClN2O3. The maximum absolute atomic E-state index is 12.6. The monoisotopic (exact) mass is 310 g/mol. The fraction of sp³-hybridized carbons (Fsp3) is 0.467. The maximum Gasteiger partial charge on any atom is 0.339 e. The summed E-state index contributed by atoms with van der Waals surface area (Å²) in [5.41, 5.74) is 5.89. The van der Waals surface area contributed by atoms with Crippen molar-refractivity contribution in [1.29, 1.82) is 0 Å². The van der Waals surface area contributed by atoms with Crippen LogP contribution in [0.3, 0.4) is 0 Å². The molecule has 1 saturated carbocycles. The summed E-state index contributed by atoms with van der Waals surface area (Å²) < 4.78 is 4.72. The van der Waals surface area contributed by atoms with Gasteiger partial charge in [-0.15, -0.1) is 0 Å². The van der Waals surface area contributed by atoms with Crippen LogP contribution in [0.25, 0.3) is 0 Å². The summed E-state index contributed by atoms with van der Waals surface area (Å²) >= 11 is 5.95. The number of methoxy groups -OCH3 is 1. The van der Waals surface area contributed by atoms with E-state index in [9.17, 15) is 9.59 Å². The van der Waals surface area contributed by atoms with Crippen molar-refractivity contribution >= 4 is 29.2 Å². The van der Waals surface area contributed by atoms with Crippen LogP contribution >= 0.6 is 11.6 Å². The van der Waals surface area contributed by atoms with Crippen LogP contribution in [0.5, 0.6) is 0 Å². The number of hydrogen-bond acceptors (Lipinski definition) is 4. The van der Waals surface area contributed by atoms with Crippen molar-refractivity contribution in [3.05, 3.63) is 28.8 Å². The Kier molecular flexibility index (Phi) is 4.85. The van der Waals surface area contributed by atoms with Crippen LogP contribution in [0.4, 0.5) is 5.69 Å². The highest BCUT2D eigenvalue weighted by molar-refractivity contribution is 6.31. The lowest BCUT2D eigenvalue weighted by atomic mass is 9.85. The zero-order chi connectivity index (χ0) is 15.5. The number of hydrogen-bond donors (Lipinski definition) is 2. The predicted molar refractivity (Wildman–Crippen MR) is 81.4 cm³/mol. The standard InChI is InChI=1S/C15H19ClN2O3/c1-21-13(19)11-5-4-10(16)8-12(11)18-14(20)15(9-17)6-2-3-7-15/h4-5,8H,2-3,6-7,9,17H2,1H3,(H,18,20). The minimum absolute atomic E-state index is 0.157. The van der Waals surface area contributed by atoms with Crippen LogP contribution in [0.15, 0.2) is 18.2 Å². The second-order valence-electron chi connectivity index (χ2n) is 5.33. The Bertz CT molecular complexity index is 554. The van der Waals surface area contributed by atoms with E-state index in [1.165, 1.54) is 13.2 Å². The summed E-state index contributed by atoms with van der Waals surface area (Å²) in [6, 6.07) is 4.66. The van der Waals surface area contributed by atoms with Crippen molar-refractivity contribution in [3.63, 3.8) is 0 Å². The third-order valence-corrected chi connectivity index (χ3v) is 4.30. The van der Waals surface area contributed by atoms with E-state index in [1.54, 1.807) is 12.1 Å². The SMILES string of the molecule is COC(=O)c1ccc(Cl)cc1NC(=O)C1(CN)CCCC1. The van der Waals surface area contributed by atoms with E-state index in [4.69, 9.17) is 22.1 Å². The lowest BCUT2D eigenvalue weighted by Crippen LogP contribution is -2.40. The molecule has 21 heavy (non-hydrogen) atoms. The Morgan fingerprint density at radius 3 is 2.62 bits per heavy atom. The number of carbonyl (C=O) groups is 2. The van der Waals surface area contributed by atoms with Crippen LogP contribution < -0.4 is 11.1 Å². The molecule has 0 radical (unpaired) electrons. The molecule has 0 aliphatic heterocycles. The number of amides is 1. The van der Waals surface area contributed by atoms with Crippen molar-refractivity contribution in [1.82, 2.24) is 0 Å². The molecule has 1 amide bonds. The first-order chi connectivity index (χ1) is 10.0. The van der Waals surface area contributed by atoms with Gasteiger partial charge in [0.15, 0.2) is 0 Å². The van der Waals surface area contributed by atoms with E-state index in [0.29, 0.717) is 17.3 Å². The number of ether oxygens (including phenoxy) is 1. The number of nitrogens with two attached hydrogens (primary N) is 1. The normalized spacial score (nSPS) is 16.5. The lowest BCUT2D eigenvalue weighted by molar-refractivity contribution is -0.124. The Morgan fingerprint density at radius 1 is 1.38 bits per heavy atom. The van der Waals surface area contributed by atoms with E-state index >= 15 is 0 Å². The quantitative estimate of drug-likeness (QED) is 0.838. The molecule has 0 heterocycles. The molecule has 5 nitrogen and oxygen atoms in total. The van der Waals surface area contributed by atoms with Gasteiger partial charge in [-0.25, -0.2) is 4.79 Å². The third-order valence-electron chi connectivity index (χ3n) is 4.07.